The van der Waals surface area contributed by atoms with E-state index < -0.39 is 17.5 Å². The summed E-state index contributed by atoms with van der Waals surface area (Å²) in [5.41, 5.74) is -0.528. The fourth-order valence-electron chi connectivity index (χ4n) is 2.10. The summed E-state index contributed by atoms with van der Waals surface area (Å²) >= 11 is 0. The molecule has 1 saturated heterocycles. The lowest BCUT2D eigenvalue weighted by molar-refractivity contribution is -0.129. The van der Waals surface area contributed by atoms with E-state index >= 15 is 0 Å². The van der Waals surface area contributed by atoms with E-state index in [1.54, 1.807) is 38.1 Å². The number of Topliss-reactive ketones (excluding diaryl/α,β-unsaturated/α-hetero) is 1. The SMILES string of the molecule is CCOc1ccc(C(=O)CN2C(=O)NC(C)(C)C2=O)cc1. The number of urea groups is 1. The maximum atomic E-state index is 12.2. The number of hydrogen-bond donors (Lipinski definition) is 1. The minimum atomic E-state index is -0.962. The van der Waals surface area contributed by atoms with Crippen LogP contribution in [-0.4, -0.2) is 41.3 Å². The molecule has 21 heavy (non-hydrogen) atoms. The van der Waals surface area contributed by atoms with Gasteiger partial charge >= 0.3 is 6.03 Å². The van der Waals surface area contributed by atoms with Crippen molar-refractivity contribution in [2.24, 2.45) is 0 Å². The average molecular weight is 290 g/mol. The summed E-state index contributed by atoms with van der Waals surface area (Å²) in [6.07, 6.45) is 0. The lowest BCUT2D eigenvalue weighted by Crippen LogP contribution is -2.41. The standard InChI is InChI=1S/C15H18N2O4/c1-4-21-11-7-5-10(6-8-11)12(18)9-17-13(19)15(2,3)16-14(17)20/h5-8H,4,9H2,1-3H3,(H,16,20). The van der Waals surface area contributed by atoms with Crippen molar-refractivity contribution in [2.75, 3.05) is 13.2 Å². The van der Waals surface area contributed by atoms with Gasteiger partial charge in [0.25, 0.3) is 5.91 Å². The molecule has 3 amide bonds. The average Bonchev–Trinajstić information content (AvgIpc) is 2.62. The number of amides is 3. The molecule has 0 saturated carbocycles. The van der Waals surface area contributed by atoms with E-state index in [-0.39, 0.29) is 12.3 Å². The molecule has 2 rings (SSSR count). The van der Waals surface area contributed by atoms with Gasteiger partial charge in [-0.2, -0.15) is 0 Å². The van der Waals surface area contributed by atoms with Crippen molar-refractivity contribution >= 4 is 17.7 Å². The molecule has 1 aromatic carbocycles. The molecule has 112 valence electrons. The minimum absolute atomic E-state index is 0.262. The summed E-state index contributed by atoms with van der Waals surface area (Å²) in [6.45, 7) is 5.37. The summed E-state index contributed by atoms with van der Waals surface area (Å²) in [5.74, 6) is -0.0174. The Hall–Kier alpha value is -2.37. The number of nitrogens with zero attached hydrogens (tertiary/aromatic N) is 1. The molecule has 0 bridgehead atoms. The van der Waals surface area contributed by atoms with Crippen LogP contribution in [0, 0.1) is 0 Å². The van der Waals surface area contributed by atoms with E-state index in [9.17, 15) is 14.4 Å². The second-order valence-electron chi connectivity index (χ2n) is 5.33. The van der Waals surface area contributed by atoms with Gasteiger partial charge in [-0.05, 0) is 45.0 Å². The van der Waals surface area contributed by atoms with Gasteiger partial charge in [-0.1, -0.05) is 0 Å². The zero-order valence-corrected chi connectivity index (χ0v) is 12.3. The first kappa shape index (κ1) is 15.0. The molecule has 1 aromatic rings. The van der Waals surface area contributed by atoms with Gasteiger partial charge in [0.15, 0.2) is 5.78 Å². The molecule has 0 radical (unpaired) electrons. The first-order valence-corrected chi connectivity index (χ1v) is 6.75. The number of rotatable bonds is 5. The van der Waals surface area contributed by atoms with Crippen molar-refractivity contribution in [2.45, 2.75) is 26.3 Å². The molecule has 0 unspecified atom stereocenters. The summed E-state index contributed by atoms with van der Waals surface area (Å²) in [6, 6.07) is 6.08. The maximum absolute atomic E-state index is 12.2. The Morgan fingerprint density at radius 2 is 1.86 bits per heavy atom. The number of imide groups is 1. The molecule has 1 heterocycles. The van der Waals surface area contributed by atoms with E-state index in [4.69, 9.17) is 4.74 Å². The second-order valence-corrected chi connectivity index (χ2v) is 5.33. The van der Waals surface area contributed by atoms with Gasteiger partial charge < -0.3 is 10.1 Å². The van der Waals surface area contributed by atoms with Crippen molar-refractivity contribution in [1.82, 2.24) is 10.2 Å². The van der Waals surface area contributed by atoms with Gasteiger partial charge in [-0.25, -0.2) is 4.79 Å². The molecular formula is C15H18N2O4. The van der Waals surface area contributed by atoms with Gasteiger partial charge in [0.2, 0.25) is 0 Å². The van der Waals surface area contributed by atoms with E-state index in [0.717, 1.165) is 4.90 Å². The Bertz CT molecular complexity index is 578. The van der Waals surface area contributed by atoms with Crippen LogP contribution in [0.3, 0.4) is 0 Å². The Balaban J connectivity index is 2.08. The molecular weight excluding hydrogens is 272 g/mol. The number of hydrogen-bond acceptors (Lipinski definition) is 4. The molecule has 1 N–H and O–H groups in total. The van der Waals surface area contributed by atoms with Gasteiger partial charge in [0, 0.05) is 5.56 Å². The number of ether oxygens (including phenoxy) is 1. The van der Waals surface area contributed by atoms with Crippen molar-refractivity contribution in [3.8, 4) is 5.75 Å². The van der Waals surface area contributed by atoms with Crippen LogP contribution in [0.2, 0.25) is 0 Å². The van der Waals surface area contributed by atoms with E-state index in [1.807, 2.05) is 6.92 Å². The largest absolute Gasteiger partial charge is 0.494 e. The quantitative estimate of drug-likeness (QED) is 0.660. The van der Waals surface area contributed by atoms with Crippen LogP contribution in [0.4, 0.5) is 4.79 Å². The smallest absolute Gasteiger partial charge is 0.325 e. The van der Waals surface area contributed by atoms with Crippen LogP contribution >= 0.6 is 0 Å². The monoisotopic (exact) mass is 290 g/mol. The molecule has 0 aliphatic carbocycles. The molecule has 6 nitrogen and oxygen atoms in total. The summed E-state index contributed by atoms with van der Waals surface area (Å²) in [7, 11) is 0. The Labute approximate surface area is 123 Å². The lowest BCUT2D eigenvalue weighted by atomic mass is 10.1. The number of nitrogens with one attached hydrogen (secondary N) is 1. The van der Waals surface area contributed by atoms with Gasteiger partial charge in [-0.15, -0.1) is 0 Å². The molecule has 0 atom stereocenters. The fourth-order valence-corrected chi connectivity index (χ4v) is 2.10. The van der Waals surface area contributed by atoms with Gasteiger partial charge in [-0.3, -0.25) is 14.5 Å². The van der Waals surface area contributed by atoms with Crippen LogP contribution in [0.15, 0.2) is 24.3 Å². The highest BCUT2D eigenvalue weighted by Gasteiger charge is 2.44. The van der Waals surface area contributed by atoms with Crippen LogP contribution in [0.25, 0.3) is 0 Å². The van der Waals surface area contributed by atoms with E-state index in [1.165, 1.54) is 0 Å². The maximum Gasteiger partial charge on any atom is 0.325 e. The number of carbonyl (C=O) groups excluding carboxylic acids is 3. The lowest BCUT2D eigenvalue weighted by Gasteiger charge is -2.15. The van der Waals surface area contributed by atoms with Gasteiger partial charge in [0.05, 0.1) is 13.2 Å². The van der Waals surface area contributed by atoms with Crippen molar-refractivity contribution in [3.05, 3.63) is 29.8 Å². The van der Waals surface area contributed by atoms with Crippen LogP contribution in [0.5, 0.6) is 5.75 Å². The third-order valence-corrected chi connectivity index (χ3v) is 3.23. The second kappa shape index (κ2) is 5.55. The van der Waals surface area contributed by atoms with E-state index in [2.05, 4.69) is 5.32 Å². The highest BCUT2D eigenvalue weighted by atomic mass is 16.5. The normalized spacial score (nSPS) is 16.8. The topological polar surface area (TPSA) is 75.7 Å². The summed E-state index contributed by atoms with van der Waals surface area (Å²) in [4.78, 5) is 36.8. The Kier molecular flexibility index (Phi) is 3.97. The zero-order valence-electron chi connectivity index (χ0n) is 12.3. The number of benzene rings is 1. The molecule has 6 heteroatoms. The highest BCUT2D eigenvalue weighted by Crippen LogP contribution is 2.18. The Morgan fingerprint density at radius 3 is 2.33 bits per heavy atom. The number of carbonyl (C=O) groups is 3. The molecule has 0 aromatic heterocycles. The molecule has 0 spiro atoms. The predicted octanol–water partition coefficient (Wildman–Crippen LogP) is 1.60. The Morgan fingerprint density at radius 1 is 1.24 bits per heavy atom. The molecule has 1 aliphatic heterocycles. The van der Waals surface area contributed by atoms with Crippen LogP contribution in [-0.2, 0) is 4.79 Å². The van der Waals surface area contributed by atoms with E-state index in [0.29, 0.717) is 17.9 Å². The fraction of sp³-hybridized carbons (Fsp3) is 0.400. The van der Waals surface area contributed by atoms with Crippen molar-refractivity contribution in [3.63, 3.8) is 0 Å². The van der Waals surface area contributed by atoms with Crippen LogP contribution < -0.4 is 10.1 Å². The van der Waals surface area contributed by atoms with Crippen molar-refractivity contribution < 1.29 is 19.1 Å². The predicted molar refractivity (Wildman–Crippen MR) is 76.3 cm³/mol. The summed E-state index contributed by atoms with van der Waals surface area (Å²) < 4.78 is 5.30. The van der Waals surface area contributed by atoms with Crippen molar-refractivity contribution in [1.29, 1.82) is 0 Å². The minimum Gasteiger partial charge on any atom is -0.494 e. The first-order chi connectivity index (χ1) is 9.85. The third kappa shape index (κ3) is 3.04. The third-order valence-electron chi connectivity index (χ3n) is 3.23. The number of ketones is 1. The van der Waals surface area contributed by atoms with Crippen LogP contribution in [0.1, 0.15) is 31.1 Å². The molecule has 1 fully saturated rings. The van der Waals surface area contributed by atoms with Gasteiger partial charge in [0.1, 0.15) is 11.3 Å². The molecule has 1 aliphatic rings. The first-order valence-electron chi connectivity index (χ1n) is 6.75. The summed E-state index contributed by atoms with van der Waals surface area (Å²) in [5, 5.41) is 2.54. The zero-order chi connectivity index (χ0) is 15.6. The highest BCUT2D eigenvalue weighted by molar-refractivity contribution is 6.10.